The molecule has 0 saturated heterocycles. The maximum Gasteiger partial charge on any atom is 0.276 e. The van der Waals surface area contributed by atoms with E-state index in [2.05, 4.69) is 25.6 Å². The van der Waals surface area contributed by atoms with Crippen molar-refractivity contribution in [1.82, 2.24) is 25.0 Å². The van der Waals surface area contributed by atoms with Crippen molar-refractivity contribution in [2.24, 2.45) is 0 Å². The van der Waals surface area contributed by atoms with Crippen LogP contribution in [0.15, 0.2) is 43.0 Å². The second-order valence-electron chi connectivity index (χ2n) is 4.83. The summed E-state index contributed by atoms with van der Waals surface area (Å²) in [7, 11) is 0. The molecule has 3 aromatic rings. The van der Waals surface area contributed by atoms with Crippen LogP contribution in [-0.4, -0.2) is 35.8 Å². The van der Waals surface area contributed by atoms with Crippen LogP contribution >= 0.6 is 0 Å². The summed E-state index contributed by atoms with van der Waals surface area (Å²) in [6.07, 6.45) is 2.81. The molecule has 2 aromatic heterocycles. The number of carbonyl (C=O) groups excluding carboxylic acids is 1. The molecule has 2 heterocycles. The Morgan fingerprint density at radius 2 is 2.08 bits per heavy atom. The van der Waals surface area contributed by atoms with E-state index in [0.717, 1.165) is 0 Å². The van der Waals surface area contributed by atoms with Crippen LogP contribution in [0.5, 0.6) is 0 Å². The summed E-state index contributed by atoms with van der Waals surface area (Å²) >= 11 is 0. The molecule has 0 radical (unpaired) electrons. The van der Waals surface area contributed by atoms with Gasteiger partial charge in [0.25, 0.3) is 11.6 Å². The molecule has 0 saturated carbocycles. The Balaban J connectivity index is 1.80. The largest absolute Gasteiger partial charge is 0.320 e. The van der Waals surface area contributed by atoms with Gasteiger partial charge in [-0.2, -0.15) is 5.10 Å². The van der Waals surface area contributed by atoms with Crippen molar-refractivity contribution in [2.45, 2.75) is 6.92 Å². The average Bonchev–Trinajstić information content (AvgIpc) is 3.11. The van der Waals surface area contributed by atoms with Crippen molar-refractivity contribution >= 4 is 17.3 Å². The molecule has 0 unspecified atom stereocenters. The van der Waals surface area contributed by atoms with Gasteiger partial charge in [-0.05, 0) is 24.6 Å². The summed E-state index contributed by atoms with van der Waals surface area (Å²) in [5.74, 6) is -0.105. The molecular formula is C14H11N7O3. The SMILES string of the molecule is Cc1ccc([N+](=O)[O-])cc1NC(=O)c1ccc(-n2cncn2)nn1. The highest BCUT2D eigenvalue weighted by molar-refractivity contribution is 6.03. The van der Waals surface area contributed by atoms with E-state index in [1.54, 1.807) is 19.1 Å². The maximum atomic E-state index is 12.2. The van der Waals surface area contributed by atoms with Crippen molar-refractivity contribution < 1.29 is 9.72 Å². The summed E-state index contributed by atoms with van der Waals surface area (Å²) in [4.78, 5) is 26.3. The Kier molecular flexibility index (Phi) is 3.93. The van der Waals surface area contributed by atoms with Gasteiger partial charge in [0.15, 0.2) is 11.5 Å². The molecule has 0 aliphatic heterocycles. The Hall–Kier alpha value is -3.69. The number of nitrogens with one attached hydrogen (secondary N) is 1. The molecule has 0 atom stereocenters. The molecule has 3 rings (SSSR count). The van der Waals surface area contributed by atoms with Crippen LogP contribution < -0.4 is 5.32 Å². The van der Waals surface area contributed by atoms with E-state index in [0.29, 0.717) is 17.1 Å². The molecule has 0 fully saturated rings. The predicted molar refractivity (Wildman–Crippen MR) is 82.7 cm³/mol. The number of nitro benzene ring substituents is 1. The lowest BCUT2D eigenvalue weighted by Gasteiger charge is -2.07. The second kappa shape index (κ2) is 6.20. The predicted octanol–water partition coefficient (Wildman–Crippen LogP) is 1.53. The first-order chi connectivity index (χ1) is 11.5. The van der Waals surface area contributed by atoms with Gasteiger partial charge in [0.2, 0.25) is 0 Å². The zero-order valence-corrected chi connectivity index (χ0v) is 12.4. The van der Waals surface area contributed by atoms with Crippen LogP contribution in [0, 0.1) is 17.0 Å². The van der Waals surface area contributed by atoms with Gasteiger partial charge in [-0.15, -0.1) is 10.2 Å². The number of nitro groups is 1. The lowest BCUT2D eigenvalue weighted by atomic mass is 10.1. The smallest absolute Gasteiger partial charge is 0.276 e. The monoisotopic (exact) mass is 325 g/mol. The summed E-state index contributed by atoms with van der Waals surface area (Å²) in [5, 5.41) is 25.1. The summed E-state index contributed by atoms with van der Waals surface area (Å²) in [6, 6.07) is 7.28. The molecule has 24 heavy (non-hydrogen) atoms. The van der Waals surface area contributed by atoms with E-state index in [-0.39, 0.29) is 11.4 Å². The molecule has 10 nitrogen and oxygen atoms in total. The number of rotatable bonds is 4. The van der Waals surface area contributed by atoms with Crippen molar-refractivity contribution in [3.8, 4) is 5.82 Å². The second-order valence-corrected chi connectivity index (χ2v) is 4.83. The van der Waals surface area contributed by atoms with Crippen molar-refractivity contribution in [2.75, 3.05) is 5.32 Å². The maximum absolute atomic E-state index is 12.2. The van der Waals surface area contributed by atoms with Gasteiger partial charge in [0.1, 0.15) is 12.7 Å². The first-order valence-electron chi connectivity index (χ1n) is 6.80. The molecule has 1 aromatic carbocycles. The van der Waals surface area contributed by atoms with E-state index in [9.17, 15) is 14.9 Å². The number of aromatic nitrogens is 5. The van der Waals surface area contributed by atoms with E-state index in [1.807, 2.05) is 0 Å². The third kappa shape index (κ3) is 3.06. The first-order valence-corrected chi connectivity index (χ1v) is 6.80. The molecule has 0 spiro atoms. The topological polar surface area (TPSA) is 129 Å². The lowest BCUT2D eigenvalue weighted by Crippen LogP contribution is -2.16. The van der Waals surface area contributed by atoms with Gasteiger partial charge >= 0.3 is 0 Å². The number of anilines is 1. The molecule has 1 amide bonds. The molecular weight excluding hydrogens is 314 g/mol. The zero-order chi connectivity index (χ0) is 17.1. The third-order valence-corrected chi connectivity index (χ3v) is 3.22. The van der Waals surface area contributed by atoms with Crippen molar-refractivity contribution in [1.29, 1.82) is 0 Å². The molecule has 0 aliphatic rings. The number of hydrogen-bond donors (Lipinski definition) is 1. The minimum Gasteiger partial charge on any atom is -0.320 e. The van der Waals surface area contributed by atoms with Gasteiger partial charge in [0.05, 0.1) is 10.6 Å². The average molecular weight is 325 g/mol. The number of carbonyl (C=O) groups is 1. The normalized spacial score (nSPS) is 10.4. The fraction of sp³-hybridized carbons (Fsp3) is 0.0714. The van der Waals surface area contributed by atoms with Gasteiger partial charge in [-0.3, -0.25) is 14.9 Å². The Bertz CT molecular complexity index is 891. The quantitative estimate of drug-likeness (QED) is 0.568. The highest BCUT2D eigenvalue weighted by Crippen LogP contribution is 2.22. The van der Waals surface area contributed by atoms with Crippen molar-refractivity contribution in [3.63, 3.8) is 0 Å². The molecule has 0 bridgehead atoms. The third-order valence-electron chi connectivity index (χ3n) is 3.22. The van der Waals surface area contributed by atoms with Crippen molar-refractivity contribution in [3.05, 3.63) is 64.4 Å². The standard InChI is InChI=1S/C14H11N7O3/c1-9-2-3-10(21(23)24)6-12(9)17-14(22)11-4-5-13(19-18-11)20-8-15-7-16-20/h2-8H,1H3,(H,17,22). The number of non-ortho nitro benzene ring substituents is 1. The van der Waals surface area contributed by atoms with E-state index < -0.39 is 10.8 Å². The van der Waals surface area contributed by atoms with Crippen LogP contribution in [0.4, 0.5) is 11.4 Å². The highest BCUT2D eigenvalue weighted by atomic mass is 16.6. The van der Waals surface area contributed by atoms with Crippen LogP contribution in [0.3, 0.4) is 0 Å². The summed E-state index contributed by atoms with van der Waals surface area (Å²) < 4.78 is 1.40. The number of nitrogens with zero attached hydrogens (tertiary/aromatic N) is 6. The minimum atomic E-state index is -0.526. The molecule has 10 heteroatoms. The molecule has 0 aliphatic carbocycles. The molecule has 1 N–H and O–H groups in total. The first kappa shape index (κ1) is 15.2. The van der Waals surface area contributed by atoms with Gasteiger partial charge in [-0.1, -0.05) is 6.07 Å². The molecule has 120 valence electrons. The number of benzene rings is 1. The highest BCUT2D eigenvalue weighted by Gasteiger charge is 2.14. The fourth-order valence-electron chi connectivity index (χ4n) is 1.94. The lowest BCUT2D eigenvalue weighted by molar-refractivity contribution is -0.384. The Labute approximate surface area is 135 Å². The number of hydrogen-bond acceptors (Lipinski definition) is 7. The Morgan fingerprint density at radius 1 is 1.25 bits per heavy atom. The summed E-state index contributed by atoms with van der Waals surface area (Å²) in [6.45, 7) is 1.73. The van der Waals surface area contributed by atoms with Crippen LogP contribution in [0.25, 0.3) is 5.82 Å². The zero-order valence-electron chi connectivity index (χ0n) is 12.4. The van der Waals surface area contributed by atoms with E-state index in [1.165, 1.54) is 35.5 Å². The van der Waals surface area contributed by atoms with Crippen LogP contribution in [0.2, 0.25) is 0 Å². The van der Waals surface area contributed by atoms with Gasteiger partial charge in [-0.25, -0.2) is 9.67 Å². The van der Waals surface area contributed by atoms with Crippen LogP contribution in [-0.2, 0) is 0 Å². The minimum absolute atomic E-state index is 0.0739. The number of aryl methyl sites for hydroxylation is 1. The van der Waals surface area contributed by atoms with Gasteiger partial charge < -0.3 is 5.32 Å². The van der Waals surface area contributed by atoms with E-state index >= 15 is 0 Å². The Morgan fingerprint density at radius 3 is 2.71 bits per heavy atom. The van der Waals surface area contributed by atoms with E-state index in [4.69, 9.17) is 0 Å². The summed E-state index contributed by atoms with van der Waals surface area (Å²) in [5.41, 5.74) is 1.01. The van der Waals surface area contributed by atoms with Crippen LogP contribution in [0.1, 0.15) is 16.1 Å². The fourth-order valence-corrected chi connectivity index (χ4v) is 1.94. The number of amides is 1. The van der Waals surface area contributed by atoms with Gasteiger partial charge in [0, 0.05) is 12.1 Å².